The first-order valence-electron chi connectivity index (χ1n) is 11.6. The molecule has 1 atom stereocenters. The molecule has 0 saturated carbocycles. The van der Waals surface area contributed by atoms with Gasteiger partial charge in [0.15, 0.2) is 0 Å². The molecule has 7 nitrogen and oxygen atoms in total. The Balaban J connectivity index is 1.87. The van der Waals surface area contributed by atoms with Crippen LogP contribution in [0.3, 0.4) is 0 Å². The number of hydrogen-bond acceptors (Lipinski definition) is 4. The Kier molecular flexibility index (Phi) is 8.44. The van der Waals surface area contributed by atoms with Crippen LogP contribution in [0.15, 0.2) is 71.6 Å². The SMILES string of the molecule is CC(C(=O)NC(C)(C)C)N(Cc1ccccc1Cl)C(=O)CN(C)S(=O)(=O)c1ccc2ccccc2c1. The molecule has 0 saturated heterocycles. The summed E-state index contributed by atoms with van der Waals surface area (Å²) in [5.74, 6) is -0.860. The average Bonchev–Trinajstić information content (AvgIpc) is 2.81. The molecule has 0 aromatic heterocycles. The Morgan fingerprint density at radius 3 is 2.22 bits per heavy atom. The fourth-order valence-corrected chi connectivity index (χ4v) is 5.09. The molecule has 36 heavy (non-hydrogen) atoms. The lowest BCUT2D eigenvalue weighted by Crippen LogP contribution is -2.54. The van der Waals surface area contributed by atoms with Crippen LogP contribution in [0, 0.1) is 0 Å². The highest BCUT2D eigenvalue weighted by molar-refractivity contribution is 7.89. The summed E-state index contributed by atoms with van der Waals surface area (Å²) in [6, 6.07) is 18.5. The van der Waals surface area contributed by atoms with Crippen LogP contribution >= 0.6 is 11.6 Å². The van der Waals surface area contributed by atoms with Crippen molar-refractivity contribution in [2.75, 3.05) is 13.6 Å². The molecule has 2 amide bonds. The number of carbonyl (C=O) groups excluding carboxylic acids is 2. The van der Waals surface area contributed by atoms with Gasteiger partial charge >= 0.3 is 0 Å². The monoisotopic (exact) mass is 529 g/mol. The third-order valence-corrected chi connectivity index (χ3v) is 7.92. The number of benzene rings is 3. The molecule has 0 spiro atoms. The van der Waals surface area contributed by atoms with E-state index >= 15 is 0 Å². The van der Waals surface area contributed by atoms with Crippen LogP contribution in [0.25, 0.3) is 10.8 Å². The van der Waals surface area contributed by atoms with Gasteiger partial charge in [-0.1, -0.05) is 60.1 Å². The fourth-order valence-electron chi connectivity index (χ4n) is 3.74. The number of amides is 2. The van der Waals surface area contributed by atoms with E-state index in [1.54, 1.807) is 43.3 Å². The van der Waals surface area contributed by atoms with Crippen LogP contribution in [0.4, 0.5) is 0 Å². The van der Waals surface area contributed by atoms with E-state index in [4.69, 9.17) is 11.6 Å². The largest absolute Gasteiger partial charge is 0.350 e. The number of halogens is 1. The van der Waals surface area contributed by atoms with Gasteiger partial charge in [0, 0.05) is 24.2 Å². The van der Waals surface area contributed by atoms with Crippen molar-refractivity contribution >= 4 is 44.2 Å². The first kappa shape index (κ1) is 27.6. The average molecular weight is 530 g/mol. The van der Waals surface area contributed by atoms with Crippen molar-refractivity contribution in [2.24, 2.45) is 0 Å². The zero-order valence-corrected chi connectivity index (χ0v) is 22.7. The van der Waals surface area contributed by atoms with Crippen molar-refractivity contribution in [1.29, 1.82) is 0 Å². The summed E-state index contributed by atoms with van der Waals surface area (Å²) in [5.41, 5.74) is 0.156. The second-order valence-electron chi connectivity index (χ2n) is 9.80. The van der Waals surface area contributed by atoms with E-state index in [2.05, 4.69) is 5.32 Å². The maximum absolute atomic E-state index is 13.5. The van der Waals surface area contributed by atoms with Crippen LogP contribution in [-0.2, 0) is 26.2 Å². The predicted molar refractivity (Wildman–Crippen MR) is 143 cm³/mol. The van der Waals surface area contributed by atoms with Crippen molar-refractivity contribution in [3.05, 3.63) is 77.3 Å². The third kappa shape index (κ3) is 6.63. The van der Waals surface area contributed by atoms with Crippen LogP contribution in [-0.4, -0.2) is 54.6 Å². The molecule has 1 unspecified atom stereocenters. The standard InChI is InChI=1S/C27H32ClN3O4S/c1-19(26(33)29-27(2,3)4)31(17-22-12-8-9-13-24(22)28)25(32)18-30(5)36(34,35)23-15-14-20-10-6-7-11-21(20)16-23/h6-16,19H,17-18H2,1-5H3,(H,29,33). The van der Waals surface area contributed by atoms with E-state index in [1.165, 1.54) is 18.0 Å². The van der Waals surface area contributed by atoms with Gasteiger partial charge in [-0.3, -0.25) is 9.59 Å². The van der Waals surface area contributed by atoms with Crippen molar-refractivity contribution < 1.29 is 18.0 Å². The highest BCUT2D eigenvalue weighted by atomic mass is 35.5. The maximum atomic E-state index is 13.5. The summed E-state index contributed by atoms with van der Waals surface area (Å²) >= 11 is 6.32. The summed E-state index contributed by atoms with van der Waals surface area (Å²) < 4.78 is 27.6. The van der Waals surface area contributed by atoms with Crippen LogP contribution in [0.2, 0.25) is 5.02 Å². The highest BCUT2D eigenvalue weighted by Crippen LogP contribution is 2.23. The van der Waals surface area contributed by atoms with Crippen molar-refractivity contribution in [3.63, 3.8) is 0 Å². The summed E-state index contributed by atoms with van der Waals surface area (Å²) in [5, 5.41) is 5.04. The Morgan fingerprint density at radius 2 is 1.58 bits per heavy atom. The van der Waals surface area contributed by atoms with E-state index < -0.39 is 34.1 Å². The van der Waals surface area contributed by atoms with Gasteiger partial charge < -0.3 is 10.2 Å². The van der Waals surface area contributed by atoms with Gasteiger partial charge in [-0.25, -0.2) is 8.42 Å². The van der Waals surface area contributed by atoms with Crippen LogP contribution in [0.1, 0.15) is 33.3 Å². The van der Waals surface area contributed by atoms with Crippen molar-refractivity contribution in [2.45, 2.75) is 50.7 Å². The molecule has 3 rings (SSSR count). The summed E-state index contributed by atoms with van der Waals surface area (Å²) in [6.07, 6.45) is 0. The topological polar surface area (TPSA) is 86.8 Å². The molecule has 0 bridgehead atoms. The molecule has 0 radical (unpaired) electrons. The molecule has 192 valence electrons. The number of nitrogens with zero attached hydrogens (tertiary/aromatic N) is 2. The summed E-state index contributed by atoms with van der Waals surface area (Å²) in [4.78, 5) is 27.9. The molecular weight excluding hydrogens is 498 g/mol. The lowest BCUT2D eigenvalue weighted by atomic mass is 10.1. The quantitative estimate of drug-likeness (QED) is 0.467. The molecule has 3 aromatic carbocycles. The fraction of sp³-hybridized carbons (Fsp3) is 0.333. The summed E-state index contributed by atoms with van der Waals surface area (Å²) in [6.45, 7) is 6.78. The van der Waals surface area contributed by atoms with E-state index in [1.807, 2.05) is 45.0 Å². The van der Waals surface area contributed by atoms with Gasteiger partial charge in [-0.15, -0.1) is 0 Å². The van der Waals surface area contributed by atoms with Crippen molar-refractivity contribution in [3.8, 4) is 0 Å². The van der Waals surface area contributed by atoms with Gasteiger partial charge in [0.05, 0.1) is 11.4 Å². The van der Waals surface area contributed by atoms with Gasteiger partial charge in [-0.05, 0) is 62.2 Å². The molecule has 0 aliphatic rings. The number of likely N-dealkylation sites (N-methyl/N-ethyl adjacent to an activating group) is 1. The third-order valence-electron chi connectivity index (χ3n) is 5.75. The minimum atomic E-state index is -3.96. The number of sulfonamides is 1. The van der Waals surface area contributed by atoms with Gasteiger partial charge in [0.2, 0.25) is 21.8 Å². The molecule has 0 aliphatic carbocycles. The van der Waals surface area contributed by atoms with Crippen LogP contribution in [0.5, 0.6) is 0 Å². The normalized spacial score (nSPS) is 13.0. The molecule has 1 N–H and O–H groups in total. The van der Waals surface area contributed by atoms with E-state index in [9.17, 15) is 18.0 Å². The number of rotatable bonds is 8. The smallest absolute Gasteiger partial charge is 0.243 e. The van der Waals surface area contributed by atoms with Gasteiger partial charge in [-0.2, -0.15) is 4.31 Å². The Bertz CT molecular complexity index is 1370. The number of fused-ring (bicyclic) bond motifs is 1. The number of hydrogen-bond donors (Lipinski definition) is 1. The molecule has 3 aromatic rings. The van der Waals surface area contributed by atoms with E-state index in [0.717, 1.165) is 15.1 Å². The molecular formula is C27H32ClN3O4S. The first-order chi connectivity index (χ1) is 16.8. The van der Waals surface area contributed by atoms with Gasteiger partial charge in [0.1, 0.15) is 6.04 Å². The minimum absolute atomic E-state index is 0.0566. The highest BCUT2D eigenvalue weighted by Gasteiger charge is 2.31. The van der Waals surface area contributed by atoms with E-state index in [-0.39, 0.29) is 17.3 Å². The Morgan fingerprint density at radius 1 is 0.972 bits per heavy atom. The number of nitrogens with one attached hydrogen (secondary N) is 1. The second-order valence-corrected chi connectivity index (χ2v) is 12.3. The van der Waals surface area contributed by atoms with Crippen molar-refractivity contribution in [1.82, 2.24) is 14.5 Å². The molecule has 9 heteroatoms. The second kappa shape index (κ2) is 11.0. The zero-order chi connectivity index (χ0) is 26.7. The van der Waals surface area contributed by atoms with Gasteiger partial charge in [0.25, 0.3) is 0 Å². The molecule has 0 heterocycles. The first-order valence-corrected chi connectivity index (χ1v) is 13.4. The molecule has 0 aliphatic heterocycles. The number of carbonyl (C=O) groups is 2. The van der Waals surface area contributed by atoms with Crippen LogP contribution < -0.4 is 5.32 Å². The van der Waals surface area contributed by atoms with E-state index in [0.29, 0.717) is 10.6 Å². The summed E-state index contributed by atoms with van der Waals surface area (Å²) in [7, 11) is -2.60. The maximum Gasteiger partial charge on any atom is 0.243 e. The predicted octanol–water partition coefficient (Wildman–Crippen LogP) is 4.45. The lowest BCUT2D eigenvalue weighted by molar-refractivity contribution is -0.141. The Labute approximate surface area is 218 Å². The lowest BCUT2D eigenvalue weighted by Gasteiger charge is -2.32. The minimum Gasteiger partial charge on any atom is -0.350 e. The zero-order valence-electron chi connectivity index (χ0n) is 21.2. The Hall–Kier alpha value is -2.94. The molecule has 0 fully saturated rings.